The van der Waals surface area contributed by atoms with Crippen molar-refractivity contribution < 1.29 is 22.7 Å². The first-order valence-corrected chi connectivity index (χ1v) is 5.49. The van der Waals surface area contributed by atoms with Crippen LogP contribution in [0.5, 0.6) is 5.75 Å². The molecule has 0 unspecified atom stereocenters. The van der Waals surface area contributed by atoms with Crippen LogP contribution in [-0.2, 0) is 0 Å². The zero-order valence-electron chi connectivity index (χ0n) is 10.8. The molecule has 1 aromatic carbocycles. The summed E-state index contributed by atoms with van der Waals surface area (Å²) in [5, 5.41) is 2.51. The Morgan fingerprint density at radius 1 is 1.40 bits per heavy atom. The van der Waals surface area contributed by atoms with Crippen LogP contribution < -0.4 is 15.8 Å². The number of nitrogens with one attached hydrogen (secondary N) is 1. The lowest BCUT2D eigenvalue weighted by molar-refractivity contribution is -0.274. The van der Waals surface area contributed by atoms with Crippen LogP contribution in [0.2, 0.25) is 0 Å². The van der Waals surface area contributed by atoms with Gasteiger partial charge in [0.15, 0.2) is 0 Å². The van der Waals surface area contributed by atoms with Crippen molar-refractivity contribution in [2.24, 2.45) is 0 Å². The molecule has 3 N–H and O–H groups in total. The Morgan fingerprint density at radius 3 is 2.45 bits per heavy atom. The maximum atomic E-state index is 12.0. The van der Waals surface area contributed by atoms with Crippen molar-refractivity contribution in [1.82, 2.24) is 5.32 Å². The number of ether oxygens (including phenoxy) is 1. The molecular weight excluding hydrogens is 273 g/mol. The zero-order valence-corrected chi connectivity index (χ0v) is 10.8. The molecule has 1 amide bonds. The number of anilines is 1. The first kappa shape index (κ1) is 15.7. The van der Waals surface area contributed by atoms with Gasteiger partial charge in [-0.1, -0.05) is 5.92 Å². The Morgan fingerprint density at radius 2 is 2.00 bits per heavy atom. The van der Waals surface area contributed by atoms with E-state index < -0.39 is 23.6 Å². The van der Waals surface area contributed by atoms with E-state index >= 15 is 0 Å². The summed E-state index contributed by atoms with van der Waals surface area (Å²) in [6, 6.07) is 3.06. The highest BCUT2D eigenvalue weighted by atomic mass is 19.4. The molecule has 1 aromatic rings. The number of carbonyl (C=O) groups excluding carboxylic acids is 1. The van der Waals surface area contributed by atoms with Gasteiger partial charge >= 0.3 is 6.36 Å². The van der Waals surface area contributed by atoms with Crippen molar-refractivity contribution in [2.45, 2.75) is 25.7 Å². The van der Waals surface area contributed by atoms with E-state index in [0.29, 0.717) is 0 Å². The zero-order chi connectivity index (χ0) is 15.6. The summed E-state index contributed by atoms with van der Waals surface area (Å²) < 4.78 is 39.8. The normalized spacial score (nSPS) is 11.6. The molecule has 0 atom stereocenters. The topological polar surface area (TPSA) is 64.3 Å². The van der Waals surface area contributed by atoms with Gasteiger partial charge in [0.05, 0.1) is 11.1 Å². The van der Waals surface area contributed by atoms with Gasteiger partial charge in [0, 0.05) is 11.8 Å². The Hall–Kier alpha value is -2.36. The minimum atomic E-state index is -4.82. The summed E-state index contributed by atoms with van der Waals surface area (Å²) in [6.45, 7) is 3.20. The summed E-state index contributed by atoms with van der Waals surface area (Å²) >= 11 is 0. The molecule has 0 spiro atoms. The number of terminal acetylenes is 1. The van der Waals surface area contributed by atoms with Crippen LogP contribution >= 0.6 is 0 Å². The van der Waals surface area contributed by atoms with Crippen molar-refractivity contribution >= 4 is 11.6 Å². The second-order valence-corrected chi connectivity index (χ2v) is 4.52. The fourth-order valence-corrected chi connectivity index (χ4v) is 1.33. The lowest BCUT2D eigenvalue weighted by Crippen LogP contribution is -2.42. The summed E-state index contributed by atoms with van der Waals surface area (Å²) in [5.74, 6) is 1.28. The second kappa shape index (κ2) is 5.33. The molecule has 20 heavy (non-hydrogen) atoms. The molecule has 0 aliphatic heterocycles. The lowest BCUT2D eigenvalue weighted by Gasteiger charge is -2.20. The van der Waals surface area contributed by atoms with Crippen LogP contribution in [0.25, 0.3) is 0 Å². The number of amides is 1. The van der Waals surface area contributed by atoms with E-state index in [4.69, 9.17) is 12.2 Å². The largest absolute Gasteiger partial charge is 0.573 e. The van der Waals surface area contributed by atoms with Crippen LogP contribution in [0.3, 0.4) is 0 Å². The molecule has 0 radical (unpaired) electrons. The number of benzene rings is 1. The predicted octanol–water partition coefficient (Wildman–Crippen LogP) is 2.31. The van der Waals surface area contributed by atoms with Crippen LogP contribution in [-0.4, -0.2) is 17.8 Å². The molecule has 0 fully saturated rings. The highest BCUT2D eigenvalue weighted by Crippen LogP contribution is 2.26. The number of alkyl halides is 3. The van der Waals surface area contributed by atoms with E-state index in [1.807, 2.05) is 0 Å². The van der Waals surface area contributed by atoms with E-state index in [2.05, 4.69) is 16.0 Å². The fraction of sp³-hybridized carbons (Fsp3) is 0.308. The van der Waals surface area contributed by atoms with Crippen LogP contribution in [0.4, 0.5) is 18.9 Å². The van der Waals surface area contributed by atoms with Gasteiger partial charge in [-0.05, 0) is 26.0 Å². The van der Waals surface area contributed by atoms with Crippen LogP contribution in [0.1, 0.15) is 24.2 Å². The maximum absolute atomic E-state index is 12.0. The van der Waals surface area contributed by atoms with Crippen LogP contribution in [0.15, 0.2) is 18.2 Å². The molecular formula is C13H13F3N2O2. The molecule has 0 saturated heterocycles. The molecule has 0 aromatic heterocycles. The van der Waals surface area contributed by atoms with Crippen molar-refractivity contribution in [3.63, 3.8) is 0 Å². The minimum Gasteiger partial charge on any atom is -0.406 e. The SMILES string of the molecule is C#CC(C)(C)NC(=O)c1ccc(OC(F)(F)F)cc1N. The van der Waals surface area contributed by atoms with Crippen molar-refractivity contribution in [3.8, 4) is 18.1 Å². The standard InChI is InChI=1S/C13H13F3N2O2/c1-4-12(2,3)18-11(19)9-6-5-8(7-10(9)17)20-13(14,15)16/h1,5-7H,17H2,2-3H3,(H,18,19). The van der Waals surface area contributed by atoms with E-state index in [9.17, 15) is 18.0 Å². The van der Waals surface area contributed by atoms with Crippen molar-refractivity contribution in [3.05, 3.63) is 23.8 Å². The Kier molecular flexibility index (Phi) is 4.18. The molecule has 0 bridgehead atoms. The molecule has 0 aliphatic carbocycles. The van der Waals surface area contributed by atoms with Gasteiger partial charge in [-0.2, -0.15) is 0 Å². The number of hydrogen-bond donors (Lipinski definition) is 2. The summed E-state index contributed by atoms with van der Waals surface area (Å²) in [4.78, 5) is 11.9. The molecule has 4 nitrogen and oxygen atoms in total. The molecule has 7 heteroatoms. The second-order valence-electron chi connectivity index (χ2n) is 4.52. The maximum Gasteiger partial charge on any atom is 0.573 e. The van der Waals surface area contributed by atoms with E-state index in [0.717, 1.165) is 18.2 Å². The number of halogens is 3. The number of carbonyl (C=O) groups is 1. The van der Waals surface area contributed by atoms with Gasteiger partial charge in [-0.25, -0.2) is 0 Å². The van der Waals surface area contributed by atoms with Crippen molar-refractivity contribution in [2.75, 3.05) is 5.73 Å². The minimum absolute atomic E-state index is 0.0165. The van der Waals surface area contributed by atoms with Gasteiger partial charge in [-0.3, -0.25) is 4.79 Å². The molecule has 0 saturated carbocycles. The summed E-state index contributed by atoms with van der Waals surface area (Å²) in [6.07, 6.45) is 0.405. The molecule has 1 rings (SSSR count). The predicted molar refractivity (Wildman–Crippen MR) is 67.9 cm³/mol. The average Bonchev–Trinajstić information content (AvgIpc) is 2.26. The Labute approximate surface area is 114 Å². The number of rotatable bonds is 3. The van der Waals surface area contributed by atoms with Gasteiger partial charge in [0.25, 0.3) is 5.91 Å². The highest BCUT2D eigenvalue weighted by Gasteiger charge is 2.31. The van der Waals surface area contributed by atoms with Gasteiger partial charge in [-0.15, -0.1) is 19.6 Å². The third kappa shape index (κ3) is 4.39. The highest BCUT2D eigenvalue weighted by molar-refractivity contribution is 5.99. The monoisotopic (exact) mass is 286 g/mol. The fourth-order valence-electron chi connectivity index (χ4n) is 1.33. The summed E-state index contributed by atoms with van der Waals surface area (Å²) in [7, 11) is 0. The smallest absolute Gasteiger partial charge is 0.406 e. The third-order valence-electron chi connectivity index (χ3n) is 2.29. The Bertz CT molecular complexity index is 560. The molecule has 0 heterocycles. The summed E-state index contributed by atoms with van der Waals surface area (Å²) in [5.41, 5.74) is 4.52. The van der Waals surface area contributed by atoms with Gasteiger partial charge < -0.3 is 15.8 Å². The third-order valence-corrected chi connectivity index (χ3v) is 2.29. The first-order valence-electron chi connectivity index (χ1n) is 5.49. The number of nitrogens with two attached hydrogens (primary N) is 1. The average molecular weight is 286 g/mol. The van der Waals surface area contributed by atoms with Crippen LogP contribution in [0, 0.1) is 12.3 Å². The quantitative estimate of drug-likeness (QED) is 0.662. The van der Waals surface area contributed by atoms with E-state index in [-0.39, 0.29) is 11.3 Å². The van der Waals surface area contributed by atoms with E-state index in [1.165, 1.54) is 0 Å². The van der Waals surface area contributed by atoms with E-state index in [1.54, 1.807) is 13.8 Å². The molecule has 0 aliphatic rings. The first-order chi connectivity index (χ1) is 9.04. The lowest BCUT2D eigenvalue weighted by atomic mass is 10.1. The Balaban J connectivity index is 2.94. The number of hydrogen-bond acceptors (Lipinski definition) is 3. The molecule has 108 valence electrons. The van der Waals surface area contributed by atoms with Gasteiger partial charge in [0.2, 0.25) is 0 Å². The van der Waals surface area contributed by atoms with Crippen molar-refractivity contribution in [1.29, 1.82) is 0 Å². The van der Waals surface area contributed by atoms with Gasteiger partial charge in [0.1, 0.15) is 5.75 Å². The number of nitrogen functional groups attached to an aromatic ring is 1.